The Labute approximate surface area is 139 Å². The molecule has 3 atom stereocenters. The van der Waals surface area contributed by atoms with Crippen LogP contribution < -0.4 is 10.6 Å². The van der Waals surface area contributed by atoms with E-state index in [1.165, 1.54) is 11.3 Å². The van der Waals surface area contributed by atoms with Crippen molar-refractivity contribution in [3.05, 3.63) is 22.4 Å². The molecule has 2 fully saturated rings. The molecule has 0 aromatic carbocycles. The molecule has 0 radical (unpaired) electrons. The molecule has 3 heterocycles. The van der Waals surface area contributed by atoms with Gasteiger partial charge < -0.3 is 15.5 Å². The van der Waals surface area contributed by atoms with E-state index < -0.39 is 12.1 Å². The van der Waals surface area contributed by atoms with Gasteiger partial charge in [0.25, 0.3) is 5.91 Å². The largest absolute Gasteiger partial charge is 0.347 e. The van der Waals surface area contributed by atoms with Gasteiger partial charge in [-0.2, -0.15) is 0 Å². The van der Waals surface area contributed by atoms with Crippen LogP contribution in [0.15, 0.2) is 17.5 Å². The number of amides is 3. The molecule has 2 saturated heterocycles. The van der Waals surface area contributed by atoms with Gasteiger partial charge in [-0.25, -0.2) is 0 Å². The minimum Gasteiger partial charge on any atom is -0.347 e. The standard InChI is InChI=1S/C16H21N3O3S/c1-9(2)6-11-16(22)19-8-10(7-12(19)14(20)18-11)17-15(21)13-4-3-5-23-13/h3-5,9-12H,6-8H2,1-2H3,(H,17,21)(H,18,20)/t10-,11-,12-/m0/s1. The highest BCUT2D eigenvalue weighted by atomic mass is 32.1. The first-order chi connectivity index (χ1) is 11.0. The Morgan fingerprint density at radius 2 is 2.26 bits per heavy atom. The van der Waals surface area contributed by atoms with Gasteiger partial charge >= 0.3 is 0 Å². The fourth-order valence-electron chi connectivity index (χ4n) is 3.26. The van der Waals surface area contributed by atoms with E-state index in [2.05, 4.69) is 10.6 Å². The maximum Gasteiger partial charge on any atom is 0.261 e. The minimum absolute atomic E-state index is 0.0313. The van der Waals surface area contributed by atoms with Crippen LogP contribution in [0.1, 0.15) is 36.4 Å². The number of rotatable bonds is 4. The molecule has 0 unspecified atom stereocenters. The van der Waals surface area contributed by atoms with Crippen LogP contribution in [0.3, 0.4) is 0 Å². The Morgan fingerprint density at radius 1 is 1.48 bits per heavy atom. The van der Waals surface area contributed by atoms with Crippen molar-refractivity contribution in [1.82, 2.24) is 15.5 Å². The average Bonchev–Trinajstić information content (AvgIpc) is 3.13. The third kappa shape index (κ3) is 3.24. The van der Waals surface area contributed by atoms with Gasteiger partial charge in [-0.15, -0.1) is 11.3 Å². The van der Waals surface area contributed by atoms with Crippen LogP contribution in [0.25, 0.3) is 0 Å². The molecule has 2 aliphatic rings. The molecule has 3 rings (SSSR count). The van der Waals surface area contributed by atoms with Crippen LogP contribution in [0.2, 0.25) is 0 Å². The summed E-state index contributed by atoms with van der Waals surface area (Å²) in [6.07, 6.45) is 1.11. The third-order valence-electron chi connectivity index (χ3n) is 4.29. The van der Waals surface area contributed by atoms with Crippen molar-refractivity contribution >= 4 is 29.1 Å². The lowest BCUT2D eigenvalue weighted by molar-refractivity contribution is -0.147. The Morgan fingerprint density at radius 3 is 2.91 bits per heavy atom. The summed E-state index contributed by atoms with van der Waals surface area (Å²) >= 11 is 1.38. The van der Waals surface area contributed by atoms with Crippen molar-refractivity contribution in [3.63, 3.8) is 0 Å². The normalized spacial score (nSPS) is 27.1. The number of thiophene rings is 1. The summed E-state index contributed by atoms with van der Waals surface area (Å²) in [4.78, 5) is 39.2. The Hall–Kier alpha value is -1.89. The smallest absolute Gasteiger partial charge is 0.261 e. The highest BCUT2D eigenvalue weighted by Crippen LogP contribution is 2.25. The highest BCUT2D eigenvalue weighted by Gasteiger charge is 2.46. The molecule has 0 spiro atoms. The highest BCUT2D eigenvalue weighted by molar-refractivity contribution is 7.12. The van der Waals surface area contributed by atoms with Gasteiger partial charge in [-0.05, 0) is 30.2 Å². The Bertz CT molecular complexity index is 614. The van der Waals surface area contributed by atoms with E-state index in [1.54, 1.807) is 11.0 Å². The van der Waals surface area contributed by atoms with Crippen LogP contribution >= 0.6 is 11.3 Å². The number of nitrogens with zero attached hydrogens (tertiary/aromatic N) is 1. The van der Waals surface area contributed by atoms with Crippen molar-refractivity contribution in [3.8, 4) is 0 Å². The van der Waals surface area contributed by atoms with Crippen LogP contribution in [-0.2, 0) is 9.59 Å². The molecule has 0 saturated carbocycles. The van der Waals surface area contributed by atoms with E-state index in [4.69, 9.17) is 0 Å². The molecule has 23 heavy (non-hydrogen) atoms. The number of hydrogen-bond donors (Lipinski definition) is 2. The van der Waals surface area contributed by atoms with E-state index in [0.29, 0.717) is 30.2 Å². The van der Waals surface area contributed by atoms with Crippen molar-refractivity contribution in [2.24, 2.45) is 5.92 Å². The van der Waals surface area contributed by atoms with Gasteiger partial charge in [0, 0.05) is 12.6 Å². The molecule has 1 aromatic rings. The lowest BCUT2D eigenvalue weighted by Crippen LogP contribution is -2.61. The van der Waals surface area contributed by atoms with Crippen molar-refractivity contribution in [1.29, 1.82) is 0 Å². The van der Waals surface area contributed by atoms with E-state index in [-0.39, 0.29) is 23.8 Å². The molecule has 2 aliphatic heterocycles. The number of nitrogens with one attached hydrogen (secondary N) is 2. The molecule has 124 valence electrons. The third-order valence-corrected chi connectivity index (χ3v) is 5.16. The SMILES string of the molecule is CC(C)C[C@@H]1NC(=O)[C@@H]2C[C@H](NC(=O)c3cccs3)CN2C1=O. The van der Waals surface area contributed by atoms with Crippen molar-refractivity contribution in [2.45, 2.75) is 44.8 Å². The predicted octanol–water partition coefficient (Wildman–Crippen LogP) is 0.992. The fraction of sp³-hybridized carbons (Fsp3) is 0.562. The zero-order chi connectivity index (χ0) is 16.6. The second-order valence-corrected chi connectivity index (χ2v) is 7.53. The van der Waals surface area contributed by atoms with E-state index >= 15 is 0 Å². The van der Waals surface area contributed by atoms with Crippen LogP contribution in [0.5, 0.6) is 0 Å². The Kier molecular flexibility index (Phi) is 4.39. The number of carbonyl (C=O) groups is 3. The summed E-state index contributed by atoms with van der Waals surface area (Å²) in [5, 5.41) is 7.61. The van der Waals surface area contributed by atoms with Gasteiger partial charge in [0.15, 0.2) is 0 Å². The molecule has 6 nitrogen and oxygen atoms in total. The van der Waals surface area contributed by atoms with Gasteiger partial charge in [-0.3, -0.25) is 14.4 Å². The number of hydrogen-bond acceptors (Lipinski definition) is 4. The lowest BCUT2D eigenvalue weighted by atomic mass is 9.99. The minimum atomic E-state index is -0.459. The van der Waals surface area contributed by atoms with E-state index in [0.717, 1.165) is 0 Å². The topological polar surface area (TPSA) is 78.5 Å². The maximum atomic E-state index is 12.5. The zero-order valence-corrected chi connectivity index (χ0v) is 14.1. The lowest BCUT2D eigenvalue weighted by Gasteiger charge is -2.35. The first-order valence-corrected chi connectivity index (χ1v) is 8.79. The fourth-order valence-corrected chi connectivity index (χ4v) is 3.88. The molecular formula is C16H21N3O3S. The maximum absolute atomic E-state index is 12.5. The number of carbonyl (C=O) groups excluding carboxylic acids is 3. The molecule has 2 N–H and O–H groups in total. The second kappa shape index (κ2) is 6.31. The summed E-state index contributed by atoms with van der Waals surface area (Å²) in [6.45, 7) is 4.46. The quantitative estimate of drug-likeness (QED) is 0.861. The van der Waals surface area contributed by atoms with Crippen LogP contribution in [-0.4, -0.2) is 47.3 Å². The zero-order valence-electron chi connectivity index (χ0n) is 13.2. The predicted molar refractivity (Wildman–Crippen MR) is 87.1 cm³/mol. The molecular weight excluding hydrogens is 314 g/mol. The molecule has 0 aliphatic carbocycles. The molecule has 7 heteroatoms. The van der Waals surface area contributed by atoms with Gasteiger partial charge in [-0.1, -0.05) is 19.9 Å². The number of fused-ring (bicyclic) bond motifs is 1. The summed E-state index contributed by atoms with van der Waals surface area (Å²) in [6, 6.07) is 2.51. The van der Waals surface area contributed by atoms with Gasteiger partial charge in [0.1, 0.15) is 12.1 Å². The number of piperazine rings is 1. The van der Waals surface area contributed by atoms with Crippen molar-refractivity contribution < 1.29 is 14.4 Å². The van der Waals surface area contributed by atoms with Gasteiger partial charge in [0.05, 0.1) is 4.88 Å². The molecule has 0 bridgehead atoms. The summed E-state index contributed by atoms with van der Waals surface area (Å²) in [5.41, 5.74) is 0. The van der Waals surface area contributed by atoms with E-state index in [9.17, 15) is 14.4 Å². The summed E-state index contributed by atoms with van der Waals surface area (Å²) in [7, 11) is 0. The monoisotopic (exact) mass is 335 g/mol. The second-order valence-electron chi connectivity index (χ2n) is 6.58. The van der Waals surface area contributed by atoms with Crippen molar-refractivity contribution in [2.75, 3.05) is 6.54 Å². The van der Waals surface area contributed by atoms with Crippen LogP contribution in [0.4, 0.5) is 0 Å². The van der Waals surface area contributed by atoms with Crippen LogP contribution in [0, 0.1) is 5.92 Å². The average molecular weight is 335 g/mol. The molecule has 3 amide bonds. The first-order valence-electron chi connectivity index (χ1n) is 7.91. The first kappa shape index (κ1) is 16.0. The summed E-state index contributed by atoms with van der Waals surface area (Å²) in [5.74, 6) is 0.0495. The molecule has 1 aromatic heterocycles. The van der Waals surface area contributed by atoms with E-state index in [1.807, 2.05) is 25.3 Å². The van der Waals surface area contributed by atoms with Gasteiger partial charge in [0.2, 0.25) is 11.8 Å². The summed E-state index contributed by atoms with van der Waals surface area (Å²) < 4.78 is 0. The Balaban J connectivity index is 1.66.